The van der Waals surface area contributed by atoms with Crippen LogP contribution in [0.4, 0.5) is 0 Å². The van der Waals surface area contributed by atoms with Crippen molar-refractivity contribution in [3.8, 4) is 0 Å². The molecule has 0 spiro atoms. The number of benzene rings is 1. The van der Waals surface area contributed by atoms with E-state index < -0.39 is 0 Å². The molecule has 0 aliphatic carbocycles. The predicted molar refractivity (Wildman–Crippen MR) is 134 cm³/mol. The Labute approximate surface area is 206 Å². The van der Waals surface area contributed by atoms with Crippen LogP contribution in [0.5, 0.6) is 0 Å². The Morgan fingerprint density at radius 1 is 1.14 bits per heavy atom. The standard InChI is InChI=1S/C25H27N7O2S/c1-4-21(24(33)26-15-18-8-7-13-34-18)35-25-27-20-10-6-5-9-19(20)23-28-22(30-32(23)25)11-12-31-17(3)14-16(2)29-31/h5-10,13-14,21H,4,11-12,15H2,1-3H3,(H,26,33)/t21-/m1/s1. The lowest BCUT2D eigenvalue weighted by Crippen LogP contribution is -2.32. The molecule has 0 radical (unpaired) electrons. The normalized spacial score (nSPS) is 12.4. The minimum atomic E-state index is -0.329. The van der Waals surface area contributed by atoms with Crippen molar-refractivity contribution in [1.29, 1.82) is 0 Å². The number of carbonyl (C=O) groups excluding carboxylic acids is 1. The molecule has 0 unspecified atom stereocenters. The van der Waals surface area contributed by atoms with E-state index >= 15 is 0 Å². The molecule has 0 saturated heterocycles. The molecule has 0 saturated carbocycles. The zero-order chi connectivity index (χ0) is 24.4. The van der Waals surface area contributed by atoms with Gasteiger partial charge in [-0.15, -0.1) is 5.10 Å². The second kappa shape index (κ2) is 9.91. The predicted octanol–water partition coefficient (Wildman–Crippen LogP) is 4.11. The number of para-hydroxylation sites is 1. The Morgan fingerprint density at radius 3 is 2.74 bits per heavy atom. The first-order valence-electron chi connectivity index (χ1n) is 11.6. The van der Waals surface area contributed by atoms with Crippen LogP contribution in [0.15, 0.2) is 58.3 Å². The van der Waals surface area contributed by atoms with Crippen LogP contribution in [0.2, 0.25) is 0 Å². The molecule has 5 rings (SSSR count). The molecule has 10 heteroatoms. The molecule has 0 fully saturated rings. The van der Waals surface area contributed by atoms with E-state index in [4.69, 9.17) is 19.5 Å². The van der Waals surface area contributed by atoms with Crippen molar-refractivity contribution < 1.29 is 9.21 Å². The first-order valence-corrected chi connectivity index (χ1v) is 12.5. The molecular formula is C25H27N7O2S. The second-order valence-corrected chi connectivity index (χ2v) is 9.56. The second-order valence-electron chi connectivity index (χ2n) is 8.39. The fourth-order valence-electron chi connectivity index (χ4n) is 4.01. The van der Waals surface area contributed by atoms with Crippen LogP contribution in [0, 0.1) is 13.8 Å². The quantitative estimate of drug-likeness (QED) is 0.245. The Balaban J connectivity index is 1.42. The number of nitrogens with zero attached hydrogens (tertiary/aromatic N) is 6. The van der Waals surface area contributed by atoms with Crippen LogP contribution in [-0.2, 0) is 24.3 Å². The summed E-state index contributed by atoms with van der Waals surface area (Å²) in [5, 5.41) is 13.5. The maximum atomic E-state index is 12.9. The summed E-state index contributed by atoms with van der Waals surface area (Å²) in [6.45, 7) is 7.07. The van der Waals surface area contributed by atoms with Crippen molar-refractivity contribution in [2.45, 2.75) is 57.1 Å². The molecule has 0 aliphatic rings. The van der Waals surface area contributed by atoms with Crippen molar-refractivity contribution >= 4 is 34.2 Å². The molecule has 1 N–H and O–H groups in total. The highest BCUT2D eigenvalue weighted by Gasteiger charge is 2.22. The molecular weight excluding hydrogens is 462 g/mol. The molecule has 0 aliphatic heterocycles. The first kappa shape index (κ1) is 23.1. The number of aryl methyl sites for hydroxylation is 4. The first-order chi connectivity index (χ1) is 17.0. The SMILES string of the molecule is CC[C@@H](Sc1nc2ccccc2c2nc(CCn3nc(C)cc3C)nn12)C(=O)NCc1ccco1. The van der Waals surface area contributed by atoms with E-state index in [0.717, 1.165) is 27.9 Å². The highest BCUT2D eigenvalue weighted by Crippen LogP contribution is 2.28. The summed E-state index contributed by atoms with van der Waals surface area (Å²) in [4.78, 5) is 22.6. The zero-order valence-electron chi connectivity index (χ0n) is 19.9. The van der Waals surface area contributed by atoms with E-state index in [-0.39, 0.29) is 11.2 Å². The molecule has 1 aromatic carbocycles. The Morgan fingerprint density at radius 2 is 2.00 bits per heavy atom. The molecule has 4 heterocycles. The Bertz CT molecular complexity index is 1470. The summed E-state index contributed by atoms with van der Waals surface area (Å²) in [6.07, 6.45) is 2.88. The maximum absolute atomic E-state index is 12.9. The van der Waals surface area contributed by atoms with Gasteiger partial charge >= 0.3 is 0 Å². The van der Waals surface area contributed by atoms with Gasteiger partial charge in [-0.3, -0.25) is 9.48 Å². The van der Waals surface area contributed by atoms with Gasteiger partial charge in [0.05, 0.1) is 29.3 Å². The summed E-state index contributed by atoms with van der Waals surface area (Å²) in [5.74, 6) is 1.36. The summed E-state index contributed by atoms with van der Waals surface area (Å²) in [5.41, 5.74) is 3.68. The van der Waals surface area contributed by atoms with Gasteiger partial charge in [0.25, 0.3) is 0 Å². The third-order valence-corrected chi connectivity index (χ3v) is 7.08. The van der Waals surface area contributed by atoms with Crippen molar-refractivity contribution in [2.24, 2.45) is 0 Å². The van der Waals surface area contributed by atoms with Crippen molar-refractivity contribution in [3.63, 3.8) is 0 Å². The average Bonchev–Trinajstić information content (AvgIpc) is 3.59. The molecule has 9 nitrogen and oxygen atoms in total. The van der Waals surface area contributed by atoms with Crippen molar-refractivity contribution in [1.82, 2.24) is 34.7 Å². The Kier molecular flexibility index (Phi) is 6.54. The number of furan rings is 1. The number of thioether (sulfide) groups is 1. The van der Waals surface area contributed by atoms with Gasteiger partial charge in [-0.2, -0.15) is 9.61 Å². The van der Waals surface area contributed by atoms with E-state index in [1.807, 2.05) is 55.8 Å². The van der Waals surface area contributed by atoms with E-state index in [9.17, 15) is 4.79 Å². The highest BCUT2D eigenvalue weighted by atomic mass is 32.2. The lowest BCUT2D eigenvalue weighted by molar-refractivity contribution is -0.120. The molecule has 5 aromatic rings. The van der Waals surface area contributed by atoms with Gasteiger partial charge in [0, 0.05) is 24.0 Å². The third kappa shape index (κ3) is 4.93. The third-order valence-electron chi connectivity index (χ3n) is 5.77. The summed E-state index contributed by atoms with van der Waals surface area (Å²) in [6, 6.07) is 13.6. The minimum Gasteiger partial charge on any atom is -0.467 e. The van der Waals surface area contributed by atoms with E-state index in [0.29, 0.717) is 42.7 Å². The lowest BCUT2D eigenvalue weighted by Gasteiger charge is -2.14. The molecule has 35 heavy (non-hydrogen) atoms. The maximum Gasteiger partial charge on any atom is 0.233 e. The fraction of sp³-hybridized carbons (Fsp3) is 0.320. The van der Waals surface area contributed by atoms with Crippen molar-refractivity contribution in [3.05, 3.63) is 71.7 Å². The minimum absolute atomic E-state index is 0.0677. The number of carbonyl (C=O) groups is 1. The average molecular weight is 490 g/mol. The monoisotopic (exact) mass is 489 g/mol. The largest absolute Gasteiger partial charge is 0.467 e. The number of rotatable bonds is 9. The van der Waals surface area contributed by atoms with Gasteiger partial charge in [0.1, 0.15) is 5.76 Å². The van der Waals surface area contributed by atoms with Crippen LogP contribution >= 0.6 is 11.8 Å². The van der Waals surface area contributed by atoms with Crippen LogP contribution in [0.1, 0.15) is 36.3 Å². The van der Waals surface area contributed by atoms with Crippen LogP contribution in [-0.4, -0.2) is 40.5 Å². The number of amides is 1. The van der Waals surface area contributed by atoms with E-state index in [1.165, 1.54) is 11.8 Å². The topological polar surface area (TPSA) is 103 Å². The number of aromatic nitrogens is 6. The number of hydrogen-bond donors (Lipinski definition) is 1. The van der Waals surface area contributed by atoms with Crippen LogP contribution in [0.25, 0.3) is 16.6 Å². The van der Waals surface area contributed by atoms with E-state index in [1.54, 1.807) is 16.8 Å². The van der Waals surface area contributed by atoms with Gasteiger partial charge in [0.15, 0.2) is 16.6 Å². The number of hydrogen-bond acceptors (Lipinski definition) is 7. The molecule has 1 atom stereocenters. The van der Waals surface area contributed by atoms with Gasteiger partial charge in [-0.1, -0.05) is 30.8 Å². The van der Waals surface area contributed by atoms with Gasteiger partial charge < -0.3 is 9.73 Å². The lowest BCUT2D eigenvalue weighted by atomic mass is 10.2. The summed E-state index contributed by atoms with van der Waals surface area (Å²) in [7, 11) is 0. The Hall–Kier alpha value is -3.66. The van der Waals surface area contributed by atoms with Gasteiger partial charge in [0.2, 0.25) is 5.91 Å². The fourth-order valence-corrected chi connectivity index (χ4v) is 5.00. The number of nitrogens with one attached hydrogen (secondary N) is 1. The number of fused-ring (bicyclic) bond motifs is 3. The van der Waals surface area contributed by atoms with E-state index in [2.05, 4.69) is 16.5 Å². The molecule has 4 aromatic heterocycles. The van der Waals surface area contributed by atoms with Gasteiger partial charge in [-0.25, -0.2) is 9.97 Å². The molecule has 0 bridgehead atoms. The molecule has 1 amide bonds. The summed E-state index contributed by atoms with van der Waals surface area (Å²) >= 11 is 1.40. The highest BCUT2D eigenvalue weighted by molar-refractivity contribution is 8.00. The van der Waals surface area contributed by atoms with Crippen LogP contribution in [0.3, 0.4) is 0 Å². The van der Waals surface area contributed by atoms with Crippen molar-refractivity contribution in [2.75, 3.05) is 0 Å². The van der Waals surface area contributed by atoms with Crippen LogP contribution < -0.4 is 5.32 Å². The smallest absolute Gasteiger partial charge is 0.233 e. The zero-order valence-corrected chi connectivity index (χ0v) is 20.7. The summed E-state index contributed by atoms with van der Waals surface area (Å²) < 4.78 is 9.07. The van der Waals surface area contributed by atoms with Gasteiger partial charge in [-0.05, 0) is 50.6 Å². The molecule has 180 valence electrons.